The largest absolute Gasteiger partial charge is 0.365 e. The Bertz CT molecular complexity index is 293. The van der Waals surface area contributed by atoms with E-state index in [1.807, 2.05) is 13.0 Å². The predicted octanol–water partition coefficient (Wildman–Crippen LogP) is 2.24. The molecule has 0 aromatic heterocycles. The highest BCUT2D eigenvalue weighted by Gasteiger charge is 2.03. The van der Waals surface area contributed by atoms with E-state index in [1.54, 1.807) is 30.5 Å². The monoisotopic (exact) mass is 177 g/mol. The number of carbonyl (C=O) groups excluding carboxylic acids is 1. The van der Waals surface area contributed by atoms with E-state index < -0.39 is 5.97 Å². The van der Waals surface area contributed by atoms with Gasteiger partial charge in [0.15, 0.2) is 0 Å². The molecule has 0 amide bonds. The zero-order valence-corrected chi connectivity index (χ0v) is 7.43. The summed E-state index contributed by atoms with van der Waals surface area (Å²) in [5, 5.41) is 3.49. The Kier molecular flexibility index (Phi) is 3.70. The fourth-order valence-electron chi connectivity index (χ4n) is 0.787. The van der Waals surface area contributed by atoms with Gasteiger partial charge in [0.1, 0.15) is 0 Å². The number of carbonyl (C=O) groups is 1. The zero-order chi connectivity index (χ0) is 9.52. The maximum Gasteiger partial charge on any atom is 0.365 e. The molecule has 1 aromatic rings. The van der Waals surface area contributed by atoms with Crippen molar-refractivity contribution in [1.29, 1.82) is 0 Å². The van der Waals surface area contributed by atoms with Crippen molar-refractivity contribution in [3.63, 3.8) is 0 Å². The molecule has 0 saturated heterocycles. The molecule has 3 nitrogen and oxygen atoms in total. The van der Waals surface area contributed by atoms with E-state index in [-0.39, 0.29) is 0 Å². The van der Waals surface area contributed by atoms with Crippen molar-refractivity contribution in [2.75, 3.05) is 0 Å². The van der Waals surface area contributed by atoms with Crippen LogP contribution in [0.3, 0.4) is 0 Å². The molecule has 0 saturated carbocycles. The van der Waals surface area contributed by atoms with Crippen LogP contribution in [0.1, 0.15) is 23.7 Å². The summed E-state index contributed by atoms with van der Waals surface area (Å²) in [6.45, 7) is 1.92. The van der Waals surface area contributed by atoms with Gasteiger partial charge in [-0.1, -0.05) is 30.3 Å². The van der Waals surface area contributed by atoms with Crippen molar-refractivity contribution in [2.45, 2.75) is 13.3 Å². The number of oxime groups is 1. The molecule has 0 atom stereocenters. The average Bonchev–Trinajstić information content (AvgIpc) is 2.19. The van der Waals surface area contributed by atoms with E-state index in [0.717, 1.165) is 6.42 Å². The quantitative estimate of drug-likeness (QED) is 0.403. The standard InChI is InChI=1S/C10H11NO2/c1-2-8-11-13-10(12)9-6-4-3-5-7-9/h3-8H,2H2,1H3. The number of hydrogen-bond acceptors (Lipinski definition) is 3. The van der Waals surface area contributed by atoms with Gasteiger partial charge in [-0.3, -0.25) is 0 Å². The van der Waals surface area contributed by atoms with Crippen LogP contribution < -0.4 is 0 Å². The van der Waals surface area contributed by atoms with Crippen LogP contribution in [0.15, 0.2) is 35.5 Å². The molecule has 0 unspecified atom stereocenters. The van der Waals surface area contributed by atoms with E-state index in [9.17, 15) is 4.79 Å². The predicted molar refractivity (Wildman–Crippen MR) is 50.6 cm³/mol. The summed E-state index contributed by atoms with van der Waals surface area (Å²) in [6.07, 6.45) is 2.29. The Hall–Kier alpha value is -1.64. The lowest BCUT2D eigenvalue weighted by Crippen LogP contribution is -1.99. The molecule has 0 aliphatic heterocycles. The van der Waals surface area contributed by atoms with Crippen LogP contribution in [0.4, 0.5) is 0 Å². The molecule has 13 heavy (non-hydrogen) atoms. The smallest absolute Gasteiger partial charge is 0.313 e. The first kappa shape index (κ1) is 9.45. The maximum absolute atomic E-state index is 11.2. The molecule has 1 aromatic carbocycles. The fraction of sp³-hybridized carbons (Fsp3) is 0.200. The lowest BCUT2D eigenvalue weighted by Gasteiger charge is -1.95. The third kappa shape index (κ3) is 3.07. The highest BCUT2D eigenvalue weighted by molar-refractivity contribution is 5.89. The third-order valence-electron chi connectivity index (χ3n) is 1.40. The van der Waals surface area contributed by atoms with E-state index in [1.165, 1.54) is 0 Å². The fourth-order valence-corrected chi connectivity index (χ4v) is 0.787. The van der Waals surface area contributed by atoms with Crippen LogP contribution in [0.25, 0.3) is 0 Å². The third-order valence-corrected chi connectivity index (χ3v) is 1.40. The second kappa shape index (κ2) is 5.09. The minimum absolute atomic E-state index is 0.426. The Morgan fingerprint density at radius 3 is 2.77 bits per heavy atom. The first-order valence-electron chi connectivity index (χ1n) is 4.13. The van der Waals surface area contributed by atoms with E-state index in [0.29, 0.717) is 5.56 Å². The first-order valence-corrected chi connectivity index (χ1v) is 4.13. The van der Waals surface area contributed by atoms with Crippen LogP contribution in [0.2, 0.25) is 0 Å². The zero-order valence-electron chi connectivity index (χ0n) is 7.43. The Labute approximate surface area is 77.0 Å². The molecular weight excluding hydrogens is 166 g/mol. The molecule has 0 N–H and O–H groups in total. The van der Waals surface area contributed by atoms with Gasteiger partial charge in [-0.05, 0) is 18.6 Å². The van der Waals surface area contributed by atoms with Gasteiger partial charge in [0.2, 0.25) is 0 Å². The van der Waals surface area contributed by atoms with Gasteiger partial charge >= 0.3 is 5.97 Å². The van der Waals surface area contributed by atoms with Crippen LogP contribution in [-0.4, -0.2) is 12.2 Å². The molecule has 0 bridgehead atoms. The highest BCUT2D eigenvalue weighted by Crippen LogP contribution is 2.00. The summed E-state index contributed by atoms with van der Waals surface area (Å²) in [6, 6.07) is 8.76. The highest BCUT2D eigenvalue weighted by atomic mass is 16.7. The van der Waals surface area contributed by atoms with Gasteiger partial charge in [0.25, 0.3) is 0 Å². The number of hydrogen-bond donors (Lipinski definition) is 0. The minimum Gasteiger partial charge on any atom is -0.313 e. The van der Waals surface area contributed by atoms with Crippen molar-refractivity contribution >= 4 is 12.2 Å². The van der Waals surface area contributed by atoms with Crippen molar-refractivity contribution in [3.05, 3.63) is 35.9 Å². The minimum atomic E-state index is -0.426. The Morgan fingerprint density at radius 2 is 2.15 bits per heavy atom. The molecule has 0 aliphatic rings. The molecule has 0 radical (unpaired) electrons. The summed E-state index contributed by atoms with van der Waals surface area (Å²) in [4.78, 5) is 15.8. The summed E-state index contributed by atoms with van der Waals surface area (Å²) in [7, 11) is 0. The Morgan fingerprint density at radius 1 is 1.46 bits per heavy atom. The molecule has 0 spiro atoms. The van der Waals surface area contributed by atoms with Gasteiger partial charge in [-0.25, -0.2) is 4.79 Å². The van der Waals surface area contributed by atoms with E-state index >= 15 is 0 Å². The molecule has 3 heteroatoms. The second-order valence-corrected chi connectivity index (χ2v) is 2.44. The van der Waals surface area contributed by atoms with Crippen LogP contribution in [0, 0.1) is 0 Å². The van der Waals surface area contributed by atoms with Crippen molar-refractivity contribution < 1.29 is 9.63 Å². The second-order valence-electron chi connectivity index (χ2n) is 2.44. The van der Waals surface area contributed by atoms with Crippen molar-refractivity contribution in [1.82, 2.24) is 0 Å². The molecule has 1 rings (SSSR count). The summed E-state index contributed by atoms with van der Waals surface area (Å²) >= 11 is 0. The molecule has 0 heterocycles. The van der Waals surface area contributed by atoms with Gasteiger partial charge in [-0.15, -0.1) is 0 Å². The van der Waals surface area contributed by atoms with Gasteiger partial charge < -0.3 is 4.84 Å². The average molecular weight is 177 g/mol. The normalized spacial score (nSPS) is 10.2. The topological polar surface area (TPSA) is 38.7 Å². The molecule has 68 valence electrons. The van der Waals surface area contributed by atoms with Crippen LogP contribution in [-0.2, 0) is 4.84 Å². The lowest BCUT2D eigenvalue weighted by molar-refractivity contribution is 0.0518. The maximum atomic E-state index is 11.2. The summed E-state index contributed by atoms with van der Waals surface area (Å²) < 4.78 is 0. The van der Waals surface area contributed by atoms with Crippen LogP contribution in [0.5, 0.6) is 0 Å². The molecule has 0 fully saturated rings. The van der Waals surface area contributed by atoms with E-state index in [4.69, 9.17) is 0 Å². The number of rotatable bonds is 3. The van der Waals surface area contributed by atoms with E-state index in [2.05, 4.69) is 9.99 Å². The summed E-state index contributed by atoms with van der Waals surface area (Å²) in [5.74, 6) is -0.426. The lowest BCUT2D eigenvalue weighted by atomic mass is 10.2. The SMILES string of the molecule is CCC=NOC(=O)c1ccccc1. The van der Waals surface area contributed by atoms with Gasteiger partial charge in [-0.2, -0.15) is 0 Å². The number of benzene rings is 1. The van der Waals surface area contributed by atoms with Crippen molar-refractivity contribution in [3.8, 4) is 0 Å². The number of nitrogens with zero attached hydrogens (tertiary/aromatic N) is 1. The first-order chi connectivity index (χ1) is 6.34. The van der Waals surface area contributed by atoms with Crippen LogP contribution >= 0.6 is 0 Å². The van der Waals surface area contributed by atoms with Gasteiger partial charge in [0.05, 0.1) is 5.56 Å². The Balaban J connectivity index is 2.54. The molecule has 0 aliphatic carbocycles. The molecular formula is C10H11NO2. The van der Waals surface area contributed by atoms with Gasteiger partial charge in [0, 0.05) is 6.21 Å². The van der Waals surface area contributed by atoms with Crippen molar-refractivity contribution in [2.24, 2.45) is 5.16 Å². The summed E-state index contributed by atoms with van der Waals surface area (Å²) in [5.41, 5.74) is 0.510.